The molecule has 1 atom stereocenters. The van der Waals surface area contributed by atoms with Crippen molar-refractivity contribution in [3.05, 3.63) is 4.88 Å². The van der Waals surface area contributed by atoms with Gasteiger partial charge in [-0.3, -0.25) is 4.79 Å². The van der Waals surface area contributed by atoms with Gasteiger partial charge in [0.2, 0.25) is 0 Å². The lowest BCUT2D eigenvalue weighted by atomic mass is 10.3. The van der Waals surface area contributed by atoms with Crippen LogP contribution in [0.2, 0.25) is 0 Å². The van der Waals surface area contributed by atoms with Crippen LogP contribution in [0.5, 0.6) is 0 Å². The summed E-state index contributed by atoms with van der Waals surface area (Å²) in [5.41, 5.74) is 5.90. The summed E-state index contributed by atoms with van der Waals surface area (Å²) < 4.78 is 0. The second kappa shape index (κ2) is 5.55. The van der Waals surface area contributed by atoms with Crippen molar-refractivity contribution < 1.29 is 9.90 Å². The molecule has 3 rings (SSSR count). The zero-order chi connectivity index (χ0) is 14.1. The molecule has 1 amide bonds. The maximum atomic E-state index is 12.4. The van der Waals surface area contributed by atoms with Gasteiger partial charge >= 0.3 is 0 Å². The van der Waals surface area contributed by atoms with Crippen molar-refractivity contribution in [3.8, 4) is 0 Å². The molecule has 1 unspecified atom stereocenters. The fraction of sp³-hybridized carbons (Fsp3) is 0.667. The van der Waals surface area contributed by atoms with Crippen molar-refractivity contribution in [3.63, 3.8) is 0 Å². The van der Waals surface area contributed by atoms with Crippen molar-refractivity contribution in [2.24, 2.45) is 0 Å². The lowest BCUT2D eigenvalue weighted by Crippen LogP contribution is -2.43. The van der Waals surface area contributed by atoms with Crippen LogP contribution in [0.1, 0.15) is 16.1 Å². The molecule has 2 aliphatic heterocycles. The van der Waals surface area contributed by atoms with E-state index in [2.05, 4.69) is 15.2 Å². The largest absolute Gasteiger partial charge is 0.391 e. The topological polar surface area (TPSA) is 94.7 Å². The monoisotopic (exact) mass is 297 g/mol. The van der Waals surface area contributed by atoms with Crippen LogP contribution >= 0.6 is 11.3 Å². The minimum Gasteiger partial charge on any atom is -0.391 e. The number of hydrogen-bond acceptors (Lipinski definition) is 7. The Morgan fingerprint density at radius 2 is 2.15 bits per heavy atom. The number of rotatable bonds is 2. The van der Waals surface area contributed by atoms with Crippen molar-refractivity contribution in [1.29, 1.82) is 0 Å². The number of anilines is 2. The molecular weight excluding hydrogens is 278 g/mol. The van der Waals surface area contributed by atoms with Crippen LogP contribution < -0.4 is 16.0 Å². The van der Waals surface area contributed by atoms with Crippen molar-refractivity contribution >= 4 is 28.2 Å². The highest BCUT2D eigenvalue weighted by Crippen LogP contribution is 2.30. The Balaban J connectivity index is 1.76. The molecule has 2 aliphatic rings. The van der Waals surface area contributed by atoms with E-state index < -0.39 is 6.10 Å². The Labute approximate surface area is 121 Å². The van der Waals surface area contributed by atoms with Crippen molar-refractivity contribution in [2.75, 3.05) is 49.9 Å². The summed E-state index contributed by atoms with van der Waals surface area (Å²) in [6.07, 6.45) is 0.218. The molecule has 3 heterocycles. The third-order valence-electron chi connectivity index (χ3n) is 3.67. The summed E-state index contributed by atoms with van der Waals surface area (Å²) in [5.74, 6) is 0.188. The Kier molecular flexibility index (Phi) is 3.77. The highest BCUT2D eigenvalue weighted by atomic mass is 32.1. The van der Waals surface area contributed by atoms with Gasteiger partial charge in [-0.2, -0.15) is 0 Å². The summed E-state index contributed by atoms with van der Waals surface area (Å²) in [6.45, 7) is 4.56. The molecule has 110 valence electrons. The number of nitrogens with one attached hydrogen (secondary N) is 1. The number of amides is 1. The fourth-order valence-electron chi connectivity index (χ4n) is 2.53. The van der Waals surface area contributed by atoms with Crippen LogP contribution in [0, 0.1) is 0 Å². The molecule has 0 spiro atoms. The Hall–Kier alpha value is -1.38. The second-order valence-corrected chi connectivity index (χ2v) is 6.12. The van der Waals surface area contributed by atoms with Crippen LogP contribution in [0.15, 0.2) is 0 Å². The fourth-order valence-corrected chi connectivity index (χ4v) is 3.54. The van der Waals surface area contributed by atoms with Crippen LogP contribution in [0.25, 0.3) is 0 Å². The van der Waals surface area contributed by atoms with Gasteiger partial charge < -0.3 is 26.0 Å². The zero-order valence-corrected chi connectivity index (χ0v) is 12.0. The minimum atomic E-state index is -0.416. The molecule has 0 radical (unpaired) electrons. The van der Waals surface area contributed by atoms with E-state index in [-0.39, 0.29) is 5.91 Å². The SMILES string of the molecule is Nc1nc(N2CCNCC2)sc1C(=O)N1CCC(O)C1. The van der Waals surface area contributed by atoms with Gasteiger partial charge in [-0.1, -0.05) is 11.3 Å². The Morgan fingerprint density at radius 1 is 1.40 bits per heavy atom. The third kappa shape index (κ3) is 2.58. The molecule has 0 aliphatic carbocycles. The van der Waals surface area contributed by atoms with Crippen LogP contribution in [0.3, 0.4) is 0 Å². The van der Waals surface area contributed by atoms with Gasteiger partial charge in [-0.15, -0.1) is 0 Å². The molecule has 4 N–H and O–H groups in total. The van der Waals surface area contributed by atoms with Gasteiger partial charge in [0, 0.05) is 39.3 Å². The van der Waals surface area contributed by atoms with E-state index in [0.29, 0.717) is 30.2 Å². The first-order chi connectivity index (χ1) is 9.65. The predicted molar refractivity (Wildman–Crippen MR) is 78.1 cm³/mol. The van der Waals surface area contributed by atoms with Crippen LogP contribution in [-0.2, 0) is 0 Å². The van der Waals surface area contributed by atoms with Gasteiger partial charge in [-0.25, -0.2) is 4.98 Å². The zero-order valence-electron chi connectivity index (χ0n) is 11.2. The number of piperazine rings is 1. The van der Waals surface area contributed by atoms with Crippen molar-refractivity contribution in [2.45, 2.75) is 12.5 Å². The highest BCUT2D eigenvalue weighted by molar-refractivity contribution is 7.18. The number of β-amino-alcohol motifs (C(OH)–C–C–N with tert-alkyl or cyclic N) is 1. The standard InChI is InChI=1S/C12H19N5O2S/c13-10-9(11(19)17-4-1-8(18)7-17)20-12(15-10)16-5-2-14-3-6-16/h8,14,18H,1-7,13H2. The molecule has 2 saturated heterocycles. The molecule has 2 fully saturated rings. The number of carbonyl (C=O) groups excluding carboxylic acids is 1. The van der Waals surface area contributed by atoms with Crippen LogP contribution in [-0.4, -0.2) is 66.3 Å². The van der Waals surface area contributed by atoms with Gasteiger partial charge in [0.15, 0.2) is 5.13 Å². The number of aromatic nitrogens is 1. The maximum Gasteiger partial charge on any atom is 0.267 e. The van der Waals surface area contributed by atoms with E-state index in [0.717, 1.165) is 31.3 Å². The molecule has 8 heteroatoms. The molecular formula is C12H19N5O2S. The average molecular weight is 297 g/mol. The van der Waals surface area contributed by atoms with E-state index in [1.807, 2.05) is 0 Å². The molecule has 0 aromatic carbocycles. The number of nitrogens with zero attached hydrogens (tertiary/aromatic N) is 3. The van der Waals surface area contributed by atoms with E-state index in [1.165, 1.54) is 11.3 Å². The Bertz CT molecular complexity index is 500. The number of nitrogens with two attached hydrogens (primary N) is 1. The van der Waals surface area contributed by atoms with E-state index >= 15 is 0 Å². The first-order valence-corrected chi connectivity index (χ1v) is 7.66. The maximum absolute atomic E-state index is 12.4. The lowest BCUT2D eigenvalue weighted by molar-refractivity contribution is 0.0770. The van der Waals surface area contributed by atoms with E-state index in [4.69, 9.17) is 5.73 Å². The van der Waals surface area contributed by atoms with Gasteiger partial charge in [-0.05, 0) is 6.42 Å². The predicted octanol–water partition coefficient (Wildman–Crippen LogP) is -0.658. The number of aliphatic hydroxyl groups excluding tert-OH is 1. The Morgan fingerprint density at radius 3 is 2.80 bits per heavy atom. The van der Waals surface area contributed by atoms with E-state index in [1.54, 1.807) is 4.90 Å². The first-order valence-electron chi connectivity index (χ1n) is 6.84. The number of nitrogen functional groups attached to an aromatic ring is 1. The molecule has 0 bridgehead atoms. The summed E-state index contributed by atoms with van der Waals surface area (Å²) in [5, 5.41) is 13.6. The smallest absolute Gasteiger partial charge is 0.267 e. The molecule has 1 aromatic rings. The third-order valence-corrected chi connectivity index (χ3v) is 4.79. The van der Waals surface area contributed by atoms with E-state index in [9.17, 15) is 9.90 Å². The molecule has 0 saturated carbocycles. The van der Waals surface area contributed by atoms with Gasteiger partial charge in [0.25, 0.3) is 5.91 Å². The molecule has 7 nitrogen and oxygen atoms in total. The quantitative estimate of drug-likeness (QED) is 0.671. The number of thiazole rings is 1. The lowest BCUT2D eigenvalue weighted by Gasteiger charge is -2.26. The number of likely N-dealkylation sites (tertiary alicyclic amines) is 1. The summed E-state index contributed by atoms with van der Waals surface area (Å²) >= 11 is 1.35. The number of carbonyl (C=O) groups is 1. The molecule has 20 heavy (non-hydrogen) atoms. The van der Waals surface area contributed by atoms with Gasteiger partial charge in [0.05, 0.1) is 6.10 Å². The summed E-state index contributed by atoms with van der Waals surface area (Å²) in [6, 6.07) is 0. The van der Waals surface area contributed by atoms with Crippen molar-refractivity contribution in [1.82, 2.24) is 15.2 Å². The minimum absolute atomic E-state index is 0.113. The van der Waals surface area contributed by atoms with Gasteiger partial charge in [0.1, 0.15) is 10.7 Å². The van der Waals surface area contributed by atoms with Crippen LogP contribution in [0.4, 0.5) is 10.9 Å². The normalized spacial score (nSPS) is 23.4. The summed E-state index contributed by atoms with van der Waals surface area (Å²) in [7, 11) is 0. The highest BCUT2D eigenvalue weighted by Gasteiger charge is 2.29. The first kappa shape index (κ1) is 13.6. The molecule has 1 aromatic heterocycles. The average Bonchev–Trinajstić information content (AvgIpc) is 3.05. The second-order valence-electron chi connectivity index (χ2n) is 5.14. The summed E-state index contributed by atoms with van der Waals surface area (Å²) in [4.78, 5) is 21.0. The number of hydrogen-bond donors (Lipinski definition) is 3. The number of aliphatic hydroxyl groups is 1.